The van der Waals surface area contributed by atoms with E-state index in [-0.39, 0.29) is 23.8 Å². The average molecular weight is 346 g/mol. The van der Waals surface area contributed by atoms with Gasteiger partial charge >= 0.3 is 0 Å². The van der Waals surface area contributed by atoms with Gasteiger partial charge in [0.05, 0.1) is 0 Å². The molecule has 2 amide bonds. The van der Waals surface area contributed by atoms with Crippen LogP contribution in [0.1, 0.15) is 74.7 Å². The minimum atomic E-state index is -0.112. The number of H-pyrrole nitrogens is 1. The first kappa shape index (κ1) is 18.0. The Bertz CT molecular complexity index is 550. The summed E-state index contributed by atoms with van der Waals surface area (Å²) < 4.78 is 0. The van der Waals surface area contributed by atoms with Crippen molar-refractivity contribution in [1.82, 2.24) is 20.8 Å². The van der Waals surface area contributed by atoms with E-state index in [9.17, 15) is 9.59 Å². The number of hydrogen-bond acceptors (Lipinski definition) is 3. The molecule has 0 bridgehead atoms. The Balaban J connectivity index is 1.38. The van der Waals surface area contributed by atoms with Gasteiger partial charge in [0.2, 0.25) is 5.91 Å². The van der Waals surface area contributed by atoms with Crippen molar-refractivity contribution in [2.45, 2.75) is 70.3 Å². The van der Waals surface area contributed by atoms with Crippen molar-refractivity contribution in [2.24, 2.45) is 11.8 Å². The summed E-state index contributed by atoms with van der Waals surface area (Å²) in [7, 11) is 0. The van der Waals surface area contributed by atoms with Gasteiger partial charge in [-0.2, -0.15) is 5.10 Å². The third kappa shape index (κ3) is 5.31. The highest BCUT2D eigenvalue weighted by Crippen LogP contribution is 2.27. The highest BCUT2D eigenvalue weighted by atomic mass is 16.2. The fourth-order valence-electron chi connectivity index (χ4n) is 4.14. The molecule has 0 saturated heterocycles. The smallest absolute Gasteiger partial charge is 0.269 e. The van der Waals surface area contributed by atoms with Gasteiger partial charge in [0.1, 0.15) is 5.69 Å². The van der Waals surface area contributed by atoms with E-state index >= 15 is 0 Å². The molecule has 0 spiro atoms. The lowest BCUT2D eigenvalue weighted by atomic mass is 9.90. The van der Waals surface area contributed by atoms with E-state index in [0.717, 1.165) is 32.1 Å². The number of aromatic amines is 1. The molecular weight excluding hydrogens is 316 g/mol. The third-order valence-electron chi connectivity index (χ3n) is 5.66. The van der Waals surface area contributed by atoms with Gasteiger partial charge in [0.25, 0.3) is 5.91 Å². The van der Waals surface area contributed by atoms with E-state index < -0.39 is 0 Å². The molecule has 6 heteroatoms. The van der Waals surface area contributed by atoms with Gasteiger partial charge in [-0.15, -0.1) is 0 Å². The number of carbonyl (C=O) groups excluding carboxylic acids is 2. The largest absolute Gasteiger partial charge is 0.353 e. The van der Waals surface area contributed by atoms with Gasteiger partial charge in [0.15, 0.2) is 0 Å². The van der Waals surface area contributed by atoms with Crippen LogP contribution in [-0.2, 0) is 4.79 Å². The molecule has 138 valence electrons. The molecule has 1 aromatic heterocycles. The van der Waals surface area contributed by atoms with E-state index in [4.69, 9.17) is 0 Å². The monoisotopic (exact) mass is 346 g/mol. The summed E-state index contributed by atoms with van der Waals surface area (Å²) in [5, 5.41) is 12.7. The van der Waals surface area contributed by atoms with Crippen LogP contribution in [-0.4, -0.2) is 34.6 Å². The number of rotatable bonds is 5. The van der Waals surface area contributed by atoms with Crippen LogP contribution in [0.15, 0.2) is 12.3 Å². The molecule has 2 aliphatic carbocycles. The summed E-state index contributed by atoms with van der Waals surface area (Å²) in [5.41, 5.74) is 0.493. The molecule has 2 aliphatic rings. The maximum Gasteiger partial charge on any atom is 0.269 e. The zero-order valence-corrected chi connectivity index (χ0v) is 14.9. The number of amides is 2. The molecule has 2 saturated carbocycles. The normalized spacial score (nSPS) is 25.1. The van der Waals surface area contributed by atoms with E-state index in [1.165, 1.54) is 32.1 Å². The second-order valence-corrected chi connectivity index (χ2v) is 7.61. The first-order valence-electron chi connectivity index (χ1n) is 9.80. The summed E-state index contributed by atoms with van der Waals surface area (Å²) in [4.78, 5) is 24.5. The number of hydrogen-bond donors (Lipinski definition) is 3. The zero-order chi connectivity index (χ0) is 17.5. The molecule has 2 fully saturated rings. The van der Waals surface area contributed by atoms with Crippen molar-refractivity contribution in [3.63, 3.8) is 0 Å². The maximum absolute atomic E-state index is 12.6. The van der Waals surface area contributed by atoms with Crippen LogP contribution in [0.3, 0.4) is 0 Å². The SMILES string of the molecule is O=C(NCC1CCC(NC(=O)C2CCCCCCC2)C1)c1ccn[nH]1. The molecule has 0 aromatic carbocycles. The fourth-order valence-corrected chi connectivity index (χ4v) is 4.14. The van der Waals surface area contributed by atoms with Crippen molar-refractivity contribution in [3.8, 4) is 0 Å². The molecule has 2 unspecified atom stereocenters. The van der Waals surface area contributed by atoms with E-state index in [1.54, 1.807) is 12.3 Å². The summed E-state index contributed by atoms with van der Waals surface area (Å²) in [6.07, 6.45) is 12.9. The van der Waals surface area contributed by atoms with Crippen molar-refractivity contribution in [1.29, 1.82) is 0 Å². The molecule has 0 radical (unpaired) electrons. The van der Waals surface area contributed by atoms with E-state index in [2.05, 4.69) is 20.8 Å². The van der Waals surface area contributed by atoms with Gasteiger partial charge in [0, 0.05) is 24.7 Å². The van der Waals surface area contributed by atoms with Gasteiger partial charge in [-0.1, -0.05) is 32.1 Å². The number of carbonyl (C=O) groups is 2. The highest BCUT2D eigenvalue weighted by molar-refractivity contribution is 5.92. The lowest BCUT2D eigenvalue weighted by Gasteiger charge is -2.22. The summed E-state index contributed by atoms with van der Waals surface area (Å²) >= 11 is 0. The van der Waals surface area contributed by atoms with Gasteiger partial charge in [-0.25, -0.2) is 0 Å². The average Bonchev–Trinajstić information content (AvgIpc) is 3.24. The predicted octanol–water partition coefficient (Wildman–Crippen LogP) is 2.78. The fraction of sp³-hybridized carbons (Fsp3) is 0.737. The van der Waals surface area contributed by atoms with Crippen LogP contribution in [0, 0.1) is 11.8 Å². The Morgan fingerprint density at radius 1 is 1.08 bits per heavy atom. The second-order valence-electron chi connectivity index (χ2n) is 7.61. The quantitative estimate of drug-likeness (QED) is 0.766. The van der Waals surface area contributed by atoms with Crippen molar-refractivity contribution in [2.75, 3.05) is 6.54 Å². The van der Waals surface area contributed by atoms with Crippen LogP contribution < -0.4 is 10.6 Å². The second kappa shape index (κ2) is 9.02. The Labute approximate surface area is 149 Å². The lowest BCUT2D eigenvalue weighted by Crippen LogP contribution is -2.38. The molecule has 0 aliphatic heterocycles. The summed E-state index contributed by atoms with van der Waals surface area (Å²) in [6.45, 7) is 0.660. The summed E-state index contributed by atoms with van der Waals surface area (Å²) in [5.74, 6) is 0.794. The number of nitrogens with zero attached hydrogens (tertiary/aromatic N) is 1. The maximum atomic E-state index is 12.6. The van der Waals surface area contributed by atoms with Gasteiger partial charge in [-0.3, -0.25) is 14.7 Å². The Kier molecular flexibility index (Phi) is 6.48. The highest BCUT2D eigenvalue weighted by Gasteiger charge is 2.28. The van der Waals surface area contributed by atoms with Crippen LogP contribution in [0.25, 0.3) is 0 Å². The van der Waals surface area contributed by atoms with Gasteiger partial charge in [-0.05, 0) is 44.1 Å². The van der Waals surface area contributed by atoms with Crippen LogP contribution in [0.2, 0.25) is 0 Å². The van der Waals surface area contributed by atoms with Crippen LogP contribution in [0.4, 0.5) is 0 Å². The minimum absolute atomic E-state index is 0.112. The zero-order valence-electron chi connectivity index (χ0n) is 14.9. The van der Waals surface area contributed by atoms with E-state index in [1.807, 2.05) is 0 Å². The number of nitrogens with one attached hydrogen (secondary N) is 3. The van der Waals surface area contributed by atoms with Crippen LogP contribution in [0.5, 0.6) is 0 Å². The molecule has 6 nitrogen and oxygen atoms in total. The molecule has 3 N–H and O–H groups in total. The first-order chi connectivity index (χ1) is 12.2. The van der Waals surface area contributed by atoms with Crippen molar-refractivity contribution in [3.05, 3.63) is 18.0 Å². The third-order valence-corrected chi connectivity index (χ3v) is 5.66. The molecule has 3 rings (SSSR count). The topological polar surface area (TPSA) is 86.9 Å². The standard InChI is InChI=1S/C19H30N4O2/c24-18(15-6-4-2-1-3-5-7-15)22-16-9-8-14(12-16)13-20-19(25)17-10-11-21-23-17/h10-11,14-16H,1-9,12-13H2,(H,20,25)(H,21,23)(H,22,24). The predicted molar refractivity (Wildman–Crippen MR) is 96.0 cm³/mol. The number of aromatic nitrogens is 2. The molecule has 1 heterocycles. The van der Waals surface area contributed by atoms with E-state index in [0.29, 0.717) is 18.2 Å². The van der Waals surface area contributed by atoms with Gasteiger partial charge < -0.3 is 10.6 Å². The molecule has 1 aromatic rings. The molecule has 2 atom stereocenters. The summed E-state index contributed by atoms with van der Waals surface area (Å²) in [6, 6.07) is 1.94. The first-order valence-corrected chi connectivity index (χ1v) is 9.80. The molecular formula is C19H30N4O2. The Morgan fingerprint density at radius 2 is 1.84 bits per heavy atom. The van der Waals surface area contributed by atoms with Crippen molar-refractivity contribution >= 4 is 11.8 Å². The minimum Gasteiger partial charge on any atom is -0.353 e. The molecule has 25 heavy (non-hydrogen) atoms. The lowest BCUT2D eigenvalue weighted by molar-refractivity contribution is -0.126. The Hall–Kier alpha value is -1.85. The van der Waals surface area contributed by atoms with Crippen molar-refractivity contribution < 1.29 is 9.59 Å². The Morgan fingerprint density at radius 3 is 2.56 bits per heavy atom. The van der Waals surface area contributed by atoms with Crippen LogP contribution >= 0.6 is 0 Å².